The number of ether oxygens (including phenoxy) is 2. The minimum atomic E-state index is 0.135. The largest absolute Gasteiger partial charge is 0.491 e. The molecule has 1 aromatic heterocycles. The summed E-state index contributed by atoms with van der Waals surface area (Å²) in [6.07, 6.45) is 1.07. The Bertz CT molecular complexity index is 495. The Kier molecular flexibility index (Phi) is 6.05. The maximum Gasteiger partial charge on any atom is 0.120 e. The van der Waals surface area contributed by atoms with Crippen molar-refractivity contribution in [1.82, 2.24) is 0 Å². The SMILES string of the molecule is CCC(CN)OCCOc1cccc(-c2ccsc2)c1. The van der Waals surface area contributed by atoms with Crippen molar-refractivity contribution in [2.45, 2.75) is 19.4 Å². The highest BCUT2D eigenvalue weighted by molar-refractivity contribution is 7.08. The van der Waals surface area contributed by atoms with Crippen molar-refractivity contribution in [3.8, 4) is 16.9 Å². The summed E-state index contributed by atoms with van der Waals surface area (Å²) in [7, 11) is 0. The predicted molar refractivity (Wildman–Crippen MR) is 84.3 cm³/mol. The van der Waals surface area contributed by atoms with Gasteiger partial charge in [0, 0.05) is 6.54 Å². The number of nitrogens with two attached hydrogens (primary N) is 1. The first-order chi connectivity index (χ1) is 9.83. The molecule has 2 aromatic rings. The predicted octanol–water partition coefficient (Wildman–Crippen LogP) is 3.55. The lowest BCUT2D eigenvalue weighted by Gasteiger charge is -2.14. The summed E-state index contributed by atoms with van der Waals surface area (Å²) in [5.41, 5.74) is 7.99. The molecule has 0 spiro atoms. The van der Waals surface area contributed by atoms with Gasteiger partial charge in [0.05, 0.1) is 12.7 Å². The molecule has 0 saturated heterocycles. The molecule has 0 bridgehead atoms. The zero-order valence-corrected chi connectivity index (χ0v) is 12.6. The van der Waals surface area contributed by atoms with Gasteiger partial charge in [-0.1, -0.05) is 19.1 Å². The number of thiophene rings is 1. The summed E-state index contributed by atoms with van der Waals surface area (Å²) in [6.45, 7) is 3.74. The molecular formula is C16H21NO2S. The van der Waals surface area contributed by atoms with Gasteiger partial charge in [-0.3, -0.25) is 0 Å². The summed E-state index contributed by atoms with van der Waals surface area (Å²) in [6, 6.07) is 10.2. The Morgan fingerprint density at radius 2 is 2.10 bits per heavy atom. The van der Waals surface area contributed by atoms with Gasteiger partial charge in [-0.25, -0.2) is 0 Å². The fraction of sp³-hybridized carbons (Fsp3) is 0.375. The van der Waals surface area contributed by atoms with E-state index in [0.717, 1.165) is 12.2 Å². The molecule has 1 unspecified atom stereocenters. The van der Waals surface area contributed by atoms with E-state index in [1.165, 1.54) is 11.1 Å². The van der Waals surface area contributed by atoms with Crippen molar-refractivity contribution in [2.24, 2.45) is 5.73 Å². The van der Waals surface area contributed by atoms with Gasteiger partial charge < -0.3 is 15.2 Å². The molecule has 0 aliphatic heterocycles. The summed E-state index contributed by atoms with van der Waals surface area (Å²) in [4.78, 5) is 0. The third kappa shape index (κ3) is 4.34. The van der Waals surface area contributed by atoms with Crippen LogP contribution in [0.3, 0.4) is 0 Å². The molecule has 4 heteroatoms. The monoisotopic (exact) mass is 291 g/mol. The number of rotatable bonds is 8. The molecule has 108 valence electrons. The molecule has 0 aliphatic carbocycles. The summed E-state index contributed by atoms with van der Waals surface area (Å²) in [5.74, 6) is 0.873. The molecule has 3 nitrogen and oxygen atoms in total. The highest BCUT2D eigenvalue weighted by atomic mass is 32.1. The van der Waals surface area contributed by atoms with Crippen LogP contribution >= 0.6 is 11.3 Å². The van der Waals surface area contributed by atoms with Crippen molar-refractivity contribution in [1.29, 1.82) is 0 Å². The normalized spacial score (nSPS) is 12.3. The summed E-state index contributed by atoms with van der Waals surface area (Å²) < 4.78 is 11.3. The van der Waals surface area contributed by atoms with E-state index in [4.69, 9.17) is 15.2 Å². The van der Waals surface area contributed by atoms with Gasteiger partial charge in [0.2, 0.25) is 0 Å². The molecule has 2 rings (SSSR count). The molecule has 0 radical (unpaired) electrons. The van der Waals surface area contributed by atoms with Crippen molar-refractivity contribution in [3.05, 3.63) is 41.1 Å². The Hall–Kier alpha value is -1.36. The van der Waals surface area contributed by atoms with Crippen LogP contribution in [-0.2, 0) is 4.74 Å². The van der Waals surface area contributed by atoms with Crippen molar-refractivity contribution < 1.29 is 9.47 Å². The Morgan fingerprint density at radius 1 is 1.20 bits per heavy atom. The van der Waals surface area contributed by atoms with Crippen LogP contribution in [-0.4, -0.2) is 25.9 Å². The van der Waals surface area contributed by atoms with E-state index < -0.39 is 0 Å². The van der Waals surface area contributed by atoms with E-state index in [1.807, 2.05) is 12.1 Å². The Morgan fingerprint density at radius 3 is 2.80 bits per heavy atom. The topological polar surface area (TPSA) is 44.5 Å². The van der Waals surface area contributed by atoms with Crippen LogP contribution in [0.4, 0.5) is 0 Å². The second-order valence-corrected chi connectivity index (χ2v) is 5.31. The minimum Gasteiger partial charge on any atom is -0.491 e. The van der Waals surface area contributed by atoms with Crippen molar-refractivity contribution in [3.63, 3.8) is 0 Å². The first-order valence-electron chi connectivity index (χ1n) is 6.90. The van der Waals surface area contributed by atoms with E-state index in [-0.39, 0.29) is 6.10 Å². The maximum absolute atomic E-state index is 5.72. The lowest BCUT2D eigenvalue weighted by Crippen LogP contribution is -2.24. The van der Waals surface area contributed by atoms with E-state index >= 15 is 0 Å². The average Bonchev–Trinajstić information content (AvgIpc) is 3.02. The summed E-state index contributed by atoms with van der Waals surface area (Å²) in [5, 5.41) is 4.21. The highest BCUT2D eigenvalue weighted by Crippen LogP contribution is 2.25. The molecule has 0 fully saturated rings. The lowest BCUT2D eigenvalue weighted by atomic mass is 10.1. The summed E-state index contributed by atoms with van der Waals surface area (Å²) >= 11 is 1.70. The minimum absolute atomic E-state index is 0.135. The van der Waals surface area contributed by atoms with Crippen LogP contribution < -0.4 is 10.5 Å². The van der Waals surface area contributed by atoms with Crippen LogP contribution in [0, 0.1) is 0 Å². The zero-order valence-electron chi connectivity index (χ0n) is 11.7. The second-order valence-electron chi connectivity index (χ2n) is 4.53. The van der Waals surface area contributed by atoms with Gasteiger partial charge in [-0.05, 0) is 46.5 Å². The fourth-order valence-electron chi connectivity index (χ4n) is 1.92. The standard InChI is InChI=1S/C16H21NO2S/c1-2-15(11-17)18-7-8-19-16-5-3-4-13(10-16)14-6-9-20-12-14/h3-6,9-10,12,15H,2,7-8,11,17H2,1H3. The van der Waals surface area contributed by atoms with Gasteiger partial charge in [0.15, 0.2) is 0 Å². The van der Waals surface area contributed by atoms with Crippen LogP contribution in [0.15, 0.2) is 41.1 Å². The number of hydrogen-bond donors (Lipinski definition) is 1. The molecule has 1 aromatic carbocycles. The number of benzene rings is 1. The first kappa shape index (κ1) is 15.0. The molecule has 0 amide bonds. The molecule has 1 atom stereocenters. The zero-order chi connectivity index (χ0) is 14.2. The quantitative estimate of drug-likeness (QED) is 0.756. The third-order valence-corrected chi connectivity index (χ3v) is 3.80. The Balaban J connectivity index is 1.83. The van der Waals surface area contributed by atoms with Crippen LogP contribution in [0.1, 0.15) is 13.3 Å². The maximum atomic E-state index is 5.72. The number of hydrogen-bond acceptors (Lipinski definition) is 4. The molecule has 0 saturated carbocycles. The van der Waals surface area contributed by atoms with Gasteiger partial charge in [0.25, 0.3) is 0 Å². The van der Waals surface area contributed by atoms with Crippen molar-refractivity contribution >= 4 is 11.3 Å². The van der Waals surface area contributed by atoms with E-state index in [9.17, 15) is 0 Å². The Labute approximate surface area is 124 Å². The van der Waals surface area contributed by atoms with E-state index in [1.54, 1.807) is 11.3 Å². The average molecular weight is 291 g/mol. The van der Waals surface area contributed by atoms with Crippen molar-refractivity contribution in [2.75, 3.05) is 19.8 Å². The van der Waals surface area contributed by atoms with Gasteiger partial charge in [0.1, 0.15) is 12.4 Å². The molecule has 0 aliphatic rings. The molecule has 20 heavy (non-hydrogen) atoms. The van der Waals surface area contributed by atoms with E-state index in [2.05, 4.69) is 35.9 Å². The molecule has 1 heterocycles. The fourth-order valence-corrected chi connectivity index (χ4v) is 2.59. The van der Waals surface area contributed by atoms with Gasteiger partial charge in [-0.15, -0.1) is 0 Å². The highest BCUT2D eigenvalue weighted by Gasteiger charge is 2.04. The molecular weight excluding hydrogens is 270 g/mol. The third-order valence-electron chi connectivity index (χ3n) is 3.11. The van der Waals surface area contributed by atoms with Crippen LogP contribution in [0.5, 0.6) is 5.75 Å². The lowest BCUT2D eigenvalue weighted by molar-refractivity contribution is 0.0369. The molecule has 2 N–H and O–H groups in total. The van der Waals surface area contributed by atoms with E-state index in [0.29, 0.717) is 19.8 Å². The van der Waals surface area contributed by atoms with Gasteiger partial charge >= 0.3 is 0 Å². The van der Waals surface area contributed by atoms with Crippen LogP contribution in [0.2, 0.25) is 0 Å². The second kappa shape index (κ2) is 8.04. The smallest absolute Gasteiger partial charge is 0.120 e. The van der Waals surface area contributed by atoms with Gasteiger partial charge in [-0.2, -0.15) is 11.3 Å². The van der Waals surface area contributed by atoms with Crippen LogP contribution in [0.25, 0.3) is 11.1 Å². The first-order valence-corrected chi connectivity index (χ1v) is 7.85.